The molecular weight excluding hydrogens is 282 g/mol. The van der Waals surface area contributed by atoms with Gasteiger partial charge < -0.3 is 9.72 Å². The van der Waals surface area contributed by atoms with Crippen molar-refractivity contribution in [2.45, 2.75) is 26.7 Å². The van der Waals surface area contributed by atoms with Crippen LogP contribution in [0.1, 0.15) is 36.7 Å². The van der Waals surface area contributed by atoms with Gasteiger partial charge in [0.1, 0.15) is 5.82 Å². The lowest BCUT2D eigenvalue weighted by atomic mass is 9.71. The zero-order chi connectivity index (χ0) is 16.4. The number of pyridine rings is 1. The van der Waals surface area contributed by atoms with Crippen LogP contribution in [0.3, 0.4) is 0 Å². The quantitative estimate of drug-likeness (QED) is 0.771. The van der Waals surface area contributed by atoms with Gasteiger partial charge >= 0.3 is 0 Å². The first kappa shape index (κ1) is 15.8. The molecule has 3 rings (SSSR count). The van der Waals surface area contributed by atoms with Gasteiger partial charge in [-0.2, -0.15) is 0 Å². The van der Waals surface area contributed by atoms with Crippen LogP contribution in [0.25, 0.3) is 5.52 Å². The van der Waals surface area contributed by atoms with Crippen molar-refractivity contribution in [3.05, 3.63) is 71.8 Å². The van der Waals surface area contributed by atoms with Crippen molar-refractivity contribution in [3.63, 3.8) is 0 Å². The van der Waals surface area contributed by atoms with Crippen LogP contribution in [0.15, 0.2) is 54.9 Å². The second-order valence-corrected chi connectivity index (χ2v) is 6.92. The number of imidazole rings is 1. The van der Waals surface area contributed by atoms with E-state index in [1.807, 2.05) is 20.2 Å². The van der Waals surface area contributed by atoms with Crippen molar-refractivity contribution in [2.75, 3.05) is 13.6 Å². The fourth-order valence-electron chi connectivity index (χ4n) is 3.63. The minimum Gasteiger partial charge on any atom is -0.319 e. The summed E-state index contributed by atoms with van der Waals surface area (Å²) in [6.45, 7) is 7.64. The Morgan fingerprint density at radius 1 is 1.13 bits per heavy atom. The van der Waals surface area contributed by atoms with Crippen molar-refractivity contribution >= 4 is 5.52 Å². The van der Waals surface area contributed by atoms with Crippen LogP contribution in [0.4, 0.5) is 0 Å². The molecule has 3 heteroatoms. The number of nitrogens with one attached hydrogen (secondary N) is 1. The predicted octanol–water partition coefficient (Wildman–Crippen LogP) is 4.02. The second kappa shape index (κ2) is 6.17. The molecule has 3 aromatic rings. The molecule has 0 saturated carbocycles. The van der Waals surface area contributed by atoms with E-state index in [-0.39, 0.29) is 5.41 Å². The Morgan fingerprint density at radius 2 is 1.87 bits per heavy atom. The van der Waals surface area contributed by atoms with E-state index in [1.54, 1.807) is 0 Å². The fourth-order valence-corrected chi connectivity index (χ4v) is 3.63. The Kier molecular flexibility index (Phi) is 4.22. The normalized spacial score (nSPS) is 13.4. The minimum absolute atomic E-state index is 0.101. The molecule has 0 aliphatic heterocycles. The molecule has 0 amide bonds. The van der Waals surface area contributed by atoms with Crippen molar-refractivity contribution < 1.29 is 0 Å². The average molecular weight is 307 g/mol. The molecule has 1 N–H and O–H groups in total. The highest BCUT2D eigenvalue weighted by Crippen LogP contribution is 2.40. The summed E-state index contributed by atoms with van der Waals surface area (Å²) >= 11 is 0. The summed E-state index contributed by atoms with van der Waals surface area (Å²) in [5.41, 5.74) is 3.95. The van der Waals surface area contributed by atoms with E-state index in [1.165, 1.54) is 11.1 Å². The van der Waals surface area contributed by atoms with Gasteiger partial charge in [0.2, 0.25) is 0 Å². The largest absolute Gasteiger partial charge is 0.319 e. The fraction of sp³-hybridized carbons (Fsp3) is 0.350. The molecular formula is C20H25N3. The van der Waals surface area contributed by atoms with E-state index in [4.69, 9.17) is 0 Å². The molecule has 0 radical (unpaired) electrons. The van der Waals surface area contributed by atoms with Crippen molar-refractivity contribution in [2.24, 2.45) is 5.41 Å². The maximum absolute atomic E-state index is 4.42. The van der Waals surface area contributed by atoms with Gasteiger partial charge in [-0.05, 0) is 42.6 Å². The Balaban J connectivity index is 2.13. The Labute approximate surface area is 138 Å². The molecule has 1 aromatic carbocycles. The first-order valence-electron chi connectivity index (χ1n) is 8.16. The third kappa shape index (κ3) is 3.02. The van der Waals surface area contributed by atoms with E-state index < -0.39 is 0 Å². The van der Waals surface area contributed by atoms with Gasteiger partial charge in [0.25, 0.3) is 0 Å². The molecule has 0 aliphatic carbocycles. The molecule has 0 saturated heterocycles. The lowest BCUT2D eigenvalue weighted by molar-refractivity contribution is 0.308. The van der Waals surface area contributed by atoms with Crippen LogP contribution >= 0.6 is 0 Å². The highest BCUT2D eigenvalue weighted by molar-refractivity contribution is 5.51. The molecule has 0 bridgehead atoms. The molecule has 120 valence electrons. The molecule has 3 nitrogen and oxygen atoms in total. The van der Waals surface area contributed by atoms with Gasteiger partial charge in [0.15, 0.2) is 0 Å². The van der Waals surface area contributed by atoms with Crippen molar-refractivity contribution in [1.82, 2.24) is 14.7 Å². The topological polar surface area (TPSA) is 29.3 Å². The van der Waals surface area contributed by atoms with E-state index in [9.17, 15) is 0 Å². The summed E-state index contributed by atoms with van der Waals surface area (Å²) < 4.78 is 2.14. The molecule has 1 unspecified atom stereocenters. The summed E-state index contributed by atoms with van der Waals surface area (Å²) in [4.78, 5) is 4.42. The minimum atomic E-state index is 0.101. The number of hydrogen-bond acceptors (Lipinski definition) is 2. The van der Waals surface area contributed by atoms with Crippen molar-refractivity contribution in [3.8, 4) is 0 Å². The zero-order valence-electron chi connectivity index (χ0n) is 14.4. The monoisotopic (exact) mass is 307 g/mol. The predicted molar refractivity (Wildman–Crippen MR) is 95.9 cm³/mol. The van der Waals surface area contributed by atoms with Crippen LogP contribution in [0, 0.1) is 12.3 Å². The van der Waals surface area contributed by atoms with Gasteiger partial charge in [0.05, 0.1) is 11.7 Å². The first-order chi connectivity index (χ1) is 11.0. The van der Waals surface area contributed by atoms with Gasteiger partial charge in [-0.3, -0.25) is 0 Å². The van der Waals surface area contributed by atoms with E-state index in [0.717, 1.165) is 17.9 Å². The van der Waals surface area contributed by atoms with E-state index in [2.05, 4.69) is 77.2 Å². The van der Waals surface area contributed by atoms with Gasteiger partial charge in [-0.25, -0.2) is 4.98 Å². The van der Waals surface area contributed by atoms with E-state index in [0.29, 0.717) is 5.92 Å². The Hall–Kier alpha value is -2.13. The second-order valence-electron chi connectivity index (χ2n) is 6.92. The highest BCUT2D eigenvalue weighted by atomic mass is 15.0. The lowest BCUT2D eigenvalue weighted by Crippen LogP contribution is -2.33. The SMILES string of the molecule is CNCC(C)(C)C(c1ccccc1)c1ccn2c(C)ncc2c1. The molecule has 1 atom stereocenters. The molecule has 0 fully saturated rings. The molecule has 2 heterocycles. The zero-order valence-corrected chi connectivity index (χ0v) is 14.4. The van der Waals surface area contributed by atoms with Crippen LogP contribution in [-0.4, -0.2) is 23.0 Å². The van der Waals surface area contributed by atoms with E-state index >= 15 is 0 Å². The number of benzene rings is 1. The third-order valence-corrected chi connectivity index (χ3v) is 4.62. The Bertz CT molecular complexity index is 787. The standard InChI is InChI=1S/C20H25N3/c1-15-22-13-18-12-17(10-11-23(15)18)19(20(2,3)14-21-4)16-8-6-5-7-9-16/h5-13,19,21H,14H2,1-4H3. The molecule has 2 aromatic heterocycles. The lowest BCUT2D eigenvalue weighted by Gasteiger charge is -2.35. The summed E-state index contributed by atoms with van der Waals surface area (Å²) in [6, 6.07) is 15.3. The van der Waals surface area contributed by atoms with Crippen LogP contribution in [0.5, 0.6) is 0 Å². The van der Waals surface area contributed by atoms with Crippen molar-refractivity contribution in [1.29, 1.82) is 0 Å². The highest BCUT2D eigenvalue weighted by Gasteiger charge is 2.31. The summed E-state index contributed by atoms with van der Waals surface area (Å²) in [7, 11) is 2.02. The number of rotatable bonds is 5. The average Bonchev–Trinajstić information content (AvgIpc) is 2.89. The summed E-state index contributed by atoms with van der Waals surface area (Å²) in [5.74, 6) is 1.36. The maximum Gasteiger partial charge on any atom is 0.110 e. The van der Waals surface area contributed by atoms with Crippen LogP contribution < -0.4 is 5.32 Å². The van der Waals surface area contributed by atoms with Gasteiger partial charge in [-0.1, -0.05) is 44.2 Å². The number of hydrogen-bond donors (Lipinski definition) is 1. The Morgan fingerprint density at radius 3 is 2.57 bits per heavy atom. The number of fused-ring (bicyclic) bond motifs is 1. The number of nitrogens with zero attached hydrogens (tertiary/aromatic N) is 2. The molecule has 0 spiro atoms. The summed E-state index contributed by atoms with van der Waals surface area (Å²) in [6.07, 6.45) is 4.09. The maximum atomic E-state index is 4.42. The number of aromatic nitrogens is 2. The summed E-state index contributed by atoms with van der Waals surface area (Å²) in [5, 5.41) is 3.35. The smallest absolute Gasteiger partial charge is 0.110 e. The van der Waals surface area contributed by atoms with Crippen LogP contribution in [-0.2, 0) is 0 Å². The molecule has 23 heavy (non-hydrogen) atoms. The molecule has 0 aliphatic rings. The van der Waals surface area contributed by atoms with Gasteiger partial charge in [-0.15, -0.1) is 0 Å². The van der Waals surface area contributed by atoms with Crippen LogP contribution in [0.2, 0.25) is 0 Å². The van der Waals surface area contributed by atoms with Gasteiger partial charge in [0, 0.05) is 18.7 Å². The first-order valence-corrected chi connectivity index (χ1v) is 8.16. The number of aryl methyl sites for hydroxylation is 1. The third-order valence-electron chi connectivity index (χ3n) is 4.62.